The number of thioether (sulfide) groups is 1. The van der Waals surface area contributed by atoms with Gasteiger partial charge in [-0.3, -0.25) is 24.1 Å². The van der Waals surface area contributed by atoms with Crippen molar-refractivity contribution in [3.05, 3.63) is 35.9 Å². The molecule has 1 aromatic rings. The molecule has 0 bridgehead atoms. The molecule has 0 saturated carbocycles. The van der Waals surface area contributed by atoms with Crippen LogP contribution in [0.25, 0.3) is 0 Å². The number of nitrogens with one attached hydrogen (secondary N) is 2. The minimum absolute atomic E-state index is 0.00852. The van der Waals surface area contributed by atoms with E-state index >= 15 is 0 Å². The van der Waals surface area contributed by atoms with Gasteiger partial charge in [-0.15, -0.1) is 0 Å². The molecule has 2 N–H and O–H groups in total. The van der Waals surface area contributed by atoms with E-state index in [-0.39, 0.29) is 36.3 Å². The lowest BCUT2D eigenvalue weighted by atomic mass is 9.92. The van der Waals surface area contributed by atoms with Crippen LogP contribution in [0.3, 0.4) is 0 Å². The van der Waals surface area contributed by atoms with Crippen molar-refractivity contribution in [2.75, 3.05) is 51.5 Å². The number of carbonyl (C=O) groups excluding carboxylic acids is 4. The highest BCUT2D eigenvalue weighted by Gasteiger charge is 2.50. The van der Waals surface area contributed by atoms with E-state index in [9.17, 15) is 19.2 Å². The first kappa shape index (κ1) is 29.3. The maximum Gasteiger partial charge on any atom is 0.234 e. The van der Waals surface area contributed by atoms with Crippen molar-refractivity contribution in [2.24, 2.45) is 5.92 Å². The molecule has 2 amide bonds. The van der Waals surface area contributed by atoms with E-state index in [1.54, 1.807) is 25.6 Å². The number of Topliss-reactive ketones (excluding diaryl/α,β-unsaturated/α-hetero) is 2. The number of benzene rings is 1. The Hall–Kier alpha value is -2.27. The Kier molecular flexibility index (Phi) is 11.1. The summed E-state index contributed by atoms with van der Waals surface area (Å²) in [4.78, 5) is 53.9. The number of rotatable bonds is 15. The zero-order valence-corrected chi connectivity index (χ0v) is 22.8. The average molecular weight is 534 g/mol. The number of carbonyl (C=O) groups is 4. The van der Waals surface area contributed by atoms with E-state index < -0.39 is 23.6 Å². The standard InChI is InChI=1S/C27H39N3O6S/c1-19(28-24(32)17-30-10-12-35-13-11-30)23(31)16-21(9-14-37-3)26(34)29-22(25(33)27(2)18-36-27)15-20-7-5-4-6-8-20/h4-8,19,21-22H,9-18H2,1-3H3,(H,28,32)(H,29,34)/t19-,21+,22-,27+/m0/s1. The number of morpholine rings is 1. The first-order valence-electron chi connectivity index (χ1n) is 12.9. The Bertz CT molecular complexity index is 933. The fourth-order valence-electron chi connectivity index (χ4n) is 4.30. The number of hydrogen-bond acceptors (Lipinski definition) is 8. The molecule has 2 fully saturated rings. The zero-order chi connectivity index (χ0) is 26.8. The maximum absolute atomic E-state index is 13.4. The average Bonchev–Trinajstić information content (AvgIpc) is 3.64. The van der Waals surface area contributed by atoms with Gasteiger partial charge in [0.2, 0.25) is 11.8 Å². The molecule has 37 heavy (non-hydrogen) atoms. The van der Waals surface area contributed by atoms with Gasteiger partial charge in [-0.25, -0.2) is 0 Å². The first-order chi connectivity index (χ1) is 17.7. The normalized spacial score (nSPS) is 21.9. The Morgan fingerprint density at radius 2 is 1.78 bits per heavy atom. The van der Waals surface area contributed by atoms with E-state index in [4.69, 9.17) is 9.47 Å². The molecule has 0 aromatic heterocycles. The molecule has 4 atom stereocenters. The summed E-state index contributed by atoms with van der Waals surface area (Å²) in [6, 6.07) is 8.05. The van der Waals surface area contributed by atoms with E-state index in [0.717, 1.165) is 5.56 Å². The molecule has 2 aliphatic rings. The number of hydrogen-bond donors (Lipinski definition) is 2. The van der Waals surface area contributed by atoms with Crippen LogP contribution < -0.4 is 10.6 Å². The Morgan fingerprint density at radius 1 is 1.11 bits per heavy atom. The number of amides is 2. The van der Waals surface area contributed by atoms with Gasteiger partial charge >= 0.3 is 0 Å². The van der Waals surface area contributed by atoms with E-state index in [1.165, 1.54) is 0 Å². The predicted octanol–water partition coefficient (Wildman–Crippen LogP) is 1.24. The predicted molar refractivity (Wildman–Crippen MR) is 142 cm³/mol. The summed E-state index contributed by atoms with van der Waals surface area (Å²) < 4.78 is 10.7. The second-order valence-corrected chi connectivity index (χ2v) is 10.9. The third kappa shape index (κ3) is 9.21. The molecule has 0 aliphatic carbocycles. The molecule has 3 rings (SSSR count). The minimum atomic E-state index is -0.878. The van der Waals surface area contributed by atoms with Crippen molar-refractivity contribution in [3.8, 4) is 0 Å². The van der Waals surface area contributed by atoms with E-state index in [2.05, 4.69) is 10.6 Å². The lowest BCUT2D eigenvalue weighted by molar-refractivity contribution is -0.134. The number of nitrogens with zero attached hydrogens (tertiary/aromatic N) is 1. The summed E-state index contributed by atoms with van der Waals surface area (Å²) in [7, 11) is 0. The fraction of sp³-hybridized carbons (Fsp3) is 0.630. The highest BCUT2D eigenvalue weighted by atomic mass is 32.2. The Balaban J connectivity index is 1.61. The van der Waals surface area contributed by atoms with Crippen molar-refractivity contribution in [3.63, 3.8) is 0 Å². The van der Waals surface area contributed by atoms with Gasteiger partial charge in [0, 0.05) is 25.4 Å². The molecular formula is C27H39N3O6S. The Labute approximate surface area is 223 Å². The quantitative estimate of drug-likeness (QED) is 0.324. The number of epoxide rings is 1. The molecule has 2 heterocycles. The van der Waals surface area contributed by atoms with Crippen LogP contribution in [0.15, 0.2) is 30.3 Å². The van der Waals surface area contributed by atoms with Crippen LogP contribution in [-0.2, 0) is 35.1 Å². The van der Waals surface area contributed by atoms with Gasteiger partial charge in [0.15, 0.2) is 11.6 Å². The smallest absolute Gasteiger partial charge is 0.234 e. The molecule has 10 heteroatoms. The molecule has 0 radical (unpaired) electrons. The van der Waals surface area contributed by atoms with Crippen LogP contribution in [0.1, 0.15) is 32.3 Å². The highest BCUT2D eigenvalue weighted by molar-refractivity contribution is 7.98. The molecule has 204 valence electrons. The molecule has 2 saturated heterocycles. The second-order valence-electron chi connectivity index (χ2n) is 9.96. The van der Waals surface area contributed by atoms with Crippen molar-refractivity contribution in [1.29, 1.82) is 0 Å². The number of ketones is 2. The highest BCUT2D eigenvalue weighted by Crippen LogP contribution is 2.29. The van der Waals surface area contributed by atoms with Crippen molar-refractivity contribution in [1.82, 2.24) is 15.5 Å². The Morgan fingerprint density at radius 3 is 2.41 bits per heavy atom. The lowest BCUT2D eigenvalue weighted by Crippen LogP contribution is -2.50. The minimum Gasteiger partial charge on any atom is -0.379 e. The number of ether oxygens (including phenoxy) is 2. The summed E-state index contributed by atoms with van der Waals surface area (Å²) >= 11 is 1.59. The van der Waals surface area contributed by atoms with Crippen molar-refractivity contribution in [2.45, 2.75) is 50.8 Å². The lowest BCUT2D eigenvalue weighted by Gasteiger charge is -2.26. The third-order valence-corrected chi connectivity index (χ3v) is 7.48. The molecule has 9 nitrogen and oxygen atoms in total. The molecule has 1 aromatic carbocycles. The van der Waals surface area contributed by atoms with Gasteiger partial charge in [-0.2, -0.15) is 11.8 Å². The maximum atomic E-state index is 13.4. The van der Waals surface area contributed by atoms with Crippen LogP contribution in [0.5, 0.6) is 0 Å². The molecule has 0 unspecified atom stereocenters. The van der Waals surface area contributed by atoms with Crippen LogP contribution in [0.4, 0.5) is 0 Å². The van der Waals surface area contributed by atoms with Crippen LogP contribution >= 0.6 is 11.8 Å². The van der Waals surface area contributed by atoms with Crippen molar-refractivity contribution >= 4 is 35.1 Å². The van der Waals surface area contributed by atoms with Gasteiger partial charge in [-0.1, -0.05) is 30.3 Å². The topological polar surface area (TPSA) is 117 Å². The summed E-state index contributed by atoms with van der Waals surface area (Å²) in [5.74, 6) is -0.825. The molecule has 0 spiro atoms. The van der Waals surface area contributed by atoms with Gasteiger partial charge in [0.25, 0.3) is 0 Å². The van der Waals surface area contributed by atoms with Gasteiger partial charge in [0.1, 0.15) is 5.60 Å². The van der Waals surface area contributed by atoms with E-state index in [1.807, 2.05) is 41.5 Å². The van der Waals surface area contributed by atoms with Gasteiger partial charge < -0.3 is 20.1 Å². The zero-order valence-electron chi connectivity index (χ0n) is 22.0. The second kappa shape index (κ2) is 14.0. The van der Waals surface area contributed by atoms with Crippen LogP contribution in [-0.4, -0.2) is 97.4 Å². The van der Waals surface area contributed by atoms with Crippen LogP contribution in [0, 0.1) is 5.92 Å². The van der Waals surface area contributed by atoms with Gasteiger partial charge in [0.05, 0.1) is 38.4 Å². The summed E-state index contributed by atoms with van der Waals surface area (Å²) in [5.41, 5.74) is 0.0510. The SMILES string of the molecule is CSCC[C@H](CC(=O)[C@H](C)NC(=O)CN1CCOCC1)C(=O)N[C@@H](Cc1ccccc1)C(=O)[C@@]1(C)CO1. The van der Waals surface area contributed by atoms with Gasteiger partial charge in [-0.05, 0) is 44.3 Å². The van der Waals surface area contributed by atoms with E-state index in [0.29, 0.717) is 51.5 Å². The monoisotopic (exact) mass is 533 g/mol. The largest absolute Gasteiger partial charge is 0.379 e. The molecule has 2 aliphatic heterocycles. The van der Waals surface area contributed by atoms with Crippen LogP contribution in [0.2, 0.25) is 0 Å². The first-order valence-corrected chi connectivity index (χ1v) is 14.2. The van der Waals surface area contributed by atoms with Crippen molar-refractivity contribution < 1.29 is 28.7 Å². The summed E-state index contributed by atoms with van der Waals surface area (Å²) in [6.45, 7) is 6.47. The summed E-state index contributed by atoms with van der Waals surface area (Å²) in [5, 5.41) is 5.69. The third-order valence-electron chi connectivity index (χ3n) is 6.83. The fourth-order valence-corrected chi connectivity index (χ4v) is 4.82. The molecular weight excluding hydrogens is 494 g/mol. The summed E-state index contributed by atoms with van der Waals surface area (Å²) in [6.07, 6.45) is 2.78.